The molecule has 1 aromatic rings. The Labute approximate surface area is 186 Å². The van der Waals surface area contributed by atoms with Gasteiger partial charge in [0.15, 0.2) is 0 Å². The van der Waals surface area contributed by atoms with Gasteiger partial charge in [0.05, 0.1) is 12.1 Å². The molecule has 2 aliphatic heterocycles. The van der Waals surface area contributed by atoms with Crippen LogP contribution in [0, 0.1) is 11.7 Å². The van der Waals surface area contributed by atoms with Gasteiger partial charge in [-0.15, -0.1) is 0 Å². The minimum Gasteiger partial charge on any atom is -0.340 e. The van der Waals surface area contributed by atoms with E-state index in [0.717, 1.165) is 17.4 Å². The molecule has 11 heteroatoms. The number of hydrogen-bond donors (Lipinski definition) is 2. The van der Waals surface area contributed by atoms with Gasteiger partial charge in [-0.3, -0.25) is 24.5 Å². The Kier molecular flexibility index (Phi) is 6.15. The zero-order valence-corrected chi connectivity index (χ0v) is 17.6. The molecule has 2 heterocycles. The first-order valence-electron chi connectivity index (χ1n) is 10.9. The van der Waals surface area contributed by atoms with Gasteiger partial charge in [0.25, 0.3) is 11.8 Å². The summed E-state index contributed by atoms with van der Waals surface area (Å²) in [6.45, 7) is -0.321. The molecule has 0 bridgehead atoms. The molecule has 178 valence electrons. The van der Waals surface area contributed by atoms with Crippen LogP contribution in [0.15, 0.2) is 12.1 Å². The summed E-state index contributed by atoms with van der Waals surface area (Å²) in [5.74, 6) is -4.84. The van der Waals surface area contributed by atoms with Crippen molar-refractivity contribution in [1.29, 1.82) is 0 Å². The van der Waals surface area contributed by atoms with Gasteiger partial charge in [0.2, 0.25) is 11.8 Å². The highest BCUT2D eigenvalue weighted by atomic mass is 19.4. The first kappa shape index (κ1) is 23.2. The van der Waals surface area contributed by atoms with Gasteiger partial charge in [-0.25, -0.2) is 4.39 Å². The van der Waals surface area contributed by atoms with Crippen LogP contribution in [0.25, 0.3) is 0 Å². The van der Waals surface area contributed by atoms with Crippen LogP contribution in [0.3, 0.4) is 0 Å². The van der Waals surface area contributed by atoms with Crippen LogP contribution in [0.4, 0.5) is 17.6 Å². The Morgan fingerprint density at radius 1 is 1.09 bits per heavy atom. The zero-order chi connectivity index (χ0) is 23.9. The molecule has 0 aromatic heterocycles. The molecular weight excluding hydrogens is 446 g/mol. The highest BCUT2D eigenvalue weighted by Gasteiger charge is 2.46. The molecule has 2 atom stereocenters. The number of rotatable bonds is 4. The van der Waals surface area contributed by atoms with E-state index in [2.05, 4.69) is 5.32 Å². The molecular formula is C22H23F4N3O4. The number of amides is 4. The lowest BCUT2D eigenvalue weighted by atomic mass is 9.83. The molecule has 1 saturated carbocycles. The number of benzene rings is 1. The van der Waals surface area contributed by atoms with Crippen LogP contribution in [0.5, 0.6) is 0 Å². The van der Waals surface area contributed by atoms with Gasteiger partial charge in [-0.2, -0.15) is 13.2 Å². The zero-order valence-electron chi connectivity index (χ0n) is 17.6. The van der Waals surface area contributed by atoms with Crippen LogP contribution in [-0.2, 0) is 16.1 Å². The van der Waals surface area contributed by atoms with E-state index in [4.69, 9.17) is 0 Å². The molecule has 33 heavy (non-hydrogen) atoms. The number of imide groups is 1. The Morgan fingerprint density at radius 3 is 2.42 bits per heavy atom. The van der Waals surface area contributed by atoms with Crippen molar-refractivity contribution in [2.45, 2.75) is 69.8 Å². The van der Waals surface area contributed by atoms with Gasteiger partial charge < -0.3 is 10.2 Å². The van der Waals surface area contributed by atoms with Crippen molar-refractivity contribution < 1.29 is 36.7 Å². The fourth-order valence-electron chi connectivity index (χ4n) is 4.93. The van der Waals surface area contributed by atoms with Gasteiger partial charge in [-0.1, -0.05) is 19.3 Å². The van der Waals surface area contributed by atoms with E-state index in [1.165, 1.54) is 6.07 Å². The summed E-state index contributed by atoms with van der Waals surface area (Å²) in [5.41, 5.74) is -0.802. The molecule has 0 radical (unpaired) electrons. The second-order valence-corrected chi connectivity index (χ2v) is 8.74. The maximum Gasteiger partial charge on any atom is 0.408 e. The second kappa shape index (κ2) is 8.75. The Hall–Kier alpha value is -2.98. The van der Waals surface area contributed by atoms with E-state index in [9.17, 15) is 32.3 Å². The smallest absolute Gasteiger partial charge is 0.340 e. The molecule has 0 spiro atoms. The SMILES string of the molecule is O=C1CCC(N2Cc3c(ccc(C(=O)N[C@H](C4CCCCC4)C(F)(F)F)c3F)C2=O)C(=O)N1. The van der Waals surface area contributed by atoms with E-state index in [-0.39, 0.29) is 30.5 Å². The average Bonchev–Trinajstić information content (AvgIpc) is 3.09. The highest BCUT2D eigenvalue weighted by molar-refractivity contribution is 6.06. The predicted octanol–water partition coefficient (Wildman–Crippen LogP) is 2.83. The summed E-state index contributed by atoms with van der Waals surface area (Å²) in [6, 6.07) is -0.881. The number of nitrogens with zero attached hydrogens (tertiary/aromatic N) is 1. The monoisotopic (exact) mass is 469 g/mol. The van der Waals surface area contributed by atoms with Crippen molar-refractivity contribution >= 4 is 23.6 Å². The standard InChI is InChI=1S/C22H23F4N3O4/c23-17-13(19(31)28-18(22(24,25)26)11-4-2-1-3-5-11)7-6-12-14(17)10-29(21(12)33)15-8-9-16(30)27-20(15)32/h6-7,11,15,18H,1-5,8-10H2,(H,28,31)(H,27,30,32)/t15?,18-/m1/s1. The van der Waals surface area contributed by atoms with Crippen LogP contribution in [0.1, 0.15) is 71.2 Å². The molecule has 2 fully saturated rings. The maximum absolute atomic E-state index is 15.2. The van der Waals surface area contributed by atoms with Crippen molar-refractivity contribution in [1.82, 2.24) is 15.5 Å². The van der Waals surface area contributed by atoms with Gasteiger partial charge in [0, 0.05) is 17.5 Å². The number of carbonyl (C=O) groups is 4. The van der Waals surface area contributed by atoms with Crippen LogP contribution >= 0.6 is 0 Å². The number of hydrogen-bond acceptors (Lipinski definition) is 4. The molecule has 4 rings (SSSR count). The number of piperidine rings is 1. The quantitative estimate of drug-likeness (QED) is 0.524. The minimum absolute atomic E-state index is 0.0205. The predicted molar refractivity (Wildman–Crippen MR) is 106 cm³/mol. The van der Waals surface area contributed by atoms with Crippen molar-refractivity contribution in [2.75, 3.05) is 0 Å². The molecule has 1 aromatic carbocycles. The van der Waals surface area contributed by atoms with Crippen LogP contribution < -0.4 is 10.6 Å². The lowest BCUT2D eigenvalue weighted by molar-refractivity contribution is -0.167. The highest BCUT2D eigenvalue weighted by Crippen LogP contribution is 2.35. The average molecular weight is 469 g/mol. The Bertz CT molecular complexity index is 1000. The number of carbonyl (C=O) groups excluding carboxylic acids is 4. The first-order valence-corrected chi connectivity index (χ1v) is 10.9. The van der Waals surface area contributed by atoms with E-state index < -0.39 is 59.2 Å². The van der Waals surface area contributed by atoms with Crippen LogP contribution in [0.2, 0.25) is 0 Å². The minimum atomic E-state index is -4.68. The van der Waals surface area contributed by atoms with E-state index >= 15 is 4.39 Å². The lowest BCUT2D eigenvalue weighted by Crippen LogP contribution is -2.52. The third-order valence-corrected chi connectivity index (χ3v) is 6.65. The third-order valence-electron chi connectivity index (χ3n) is 6.65. The van der Waals surface area contributed by atoms with Crippen LogP contribution in [-0.4, -0.2) is 46.8 Å². The Balaban J connectivity index is 1.55. The van der Waals surface area contributed by atoms with Gasteiger partial charge in [-0.05, 0) is 37.3 Å². The van der Waals surface area contributed by atoms with E-state index in [0.29, 0.717) is 25.7 Å². The number of nitrogens with one attached hydrogen (secondary N) is 2. The molecule has 1 saturated heterocycles. The summed E-state index contributed by atoms with van der Waals surface area (Å²) in [5, 5.41) is 4.10. The summed E-state index contributed by atoms with van der Waals surface area (Å²) >= 11 is 0. The van der Waals surface area contributed by atoms with Crippen molar-refractivity contribution in [3.8, 4) is 0 Å². The normalized spacial score (nSPS) is 22.7. The fraction of sp³-hybridized carbons (Fsp3) is 0.545. The molecule has 4 amide bonds. The summed E-state index contributed by atoms with van der Waals surface area (Å²) in [7, 11) is 0. The summed E-state index contributed by atoms with van der Waals surface area (Å²) in [4.78, 5) is 50.0. The van der Waals surface area contributed by atoms with E-state index in [1.54, 1.807) is 0 Å². The maximum atomic E-state index is 15.2. The number of alkyl halides is 3. The summed E-state index contributed by atoms with van der Waals surface area (Å²) in [6.07, 6.45) is -1.81. The lowest BCUT2D eigenvalue weighted by Gasteiger charge is -2.32. The topological polar surface area (TPSA) is 95.6 Å². The molecule has 3 aliphatic rings. The summed E-state index contributed by atoms with van der Waals surface area (Å²) < 4.78 is 56.2. The third kappa shape index (κ3) is 4.45. The fourth-order valence-corrected chi connectivity index (χ4v) is 4.93. The van der Waals surface area contributed by atoms with Crippen molar-refractivity contribution in [2.24, 2.45) is 5.92 Å². The second-order valence-electron chi connectivity index (χ2n) is 8.74. The van der Waals surface area contributed by atoms with E-state index in [1.807, 2.05) is 5.32 Å². The number of fused-ring (bicyclic) bond motifs is 1. The molecule has 1 unspecified atom stereocenters. The first-order chi connectivity index (χ1) is 15.6. The molecule has 7 nitrogen and oxygen atoms in total. The largest absolute Gasteiger partial charge is 0.408 e. The van der Waals surface area contributed by atoms with Crippen molar-refractivity contribution in [3.05, 3.63) is 34.6 Å². The molecule has 1 aliphatic carbocycles. The van der Waals surface area contributed by atoms with Gasteiger partial charge in [0.1, 0.15) is 17.9 Å². The number of halogens is 4. The van der Waals surface area contributed by atoms with Crippen molar-refractivity contribution in [3.63, 3.8) is 0 Å². The van der Waals surface area contributed by atoms with Gasteiger partial charge >= 0.3 is 6.18 Å². The molecule has 2 N–H and O–H groups in total. The Morgan fingerprint density at radius 2 is 1.79 bits per heavy atom.